The number of benzene rings is 1. The summed E-state index contributed by atoms with van der Waals surface area (Å²) in [7, 11) is -4.02. The Hall–Kier alpha value is -2.60. The van der Waals surface area contributed by atoms with E-state index in [-0.39, 0.29) is 30.0 Å². The van der Waals surface area contributed by atoms with Gasteiger partial charge in [-0.1, -0.05) is 0 Å². The summed E-state index contributed by atoms with van der Waals surface area (Å²) < 4.78 is 53.7. The van der Waals surface area contributed by atoms with Crippen molar-refractivity contribution in [2.45, 2.75) is 42.4 Å². The van der Waals surface area contributed by atoms with Gasteiger partial charge < -0.3 is 14.8 Å². The lowest BCUT2D eigenvalue weighted by Crippen LogP contribution is -2.76. The molecule has 2 amide bonds. The fourth-order valence-electron chi connectivity index (χ4n) is 6.34. The number of aromatic amines is 1. The molecule has 0 radical (unpaired) electrons. The van der Waals surface area contributed by atoms with Crippen molar-refractivity contribution < 1.29 is 22.0 Å². The summed E-state index contributed by atoms with van der Waals surface area (Å²) in [6.45, 7) is 2.97. The van der Waals surface area contributed by atoms with Gasteiger partial charge in [0.2, 0.25) is 10.0 Å². The Balaban J connectivity index is 0.891. The van der Waals surface area contributed by atoms with E-state index in [1.54, 1.807) is 4.90 Å². The Morgan fingerprint density at radius 3 is 2.11 bits per heavy atom. The third kappa shape index (κ3) is 3.32. The van der Waals surface area contributed by atoms with Crippen molar-refractivity contribution in [1.29, 1.82) is 0 Å². The van der Waals surface area contributed by atoms with Crippen molar-refractivity contribution in [2.24, 2.45) is 10.8 Å². The van der Waals surface area contributed by atoms with Crippen LogP contribution in [0.2, 0.25) is 0 Å². The highest BCUT2D eigenvalue weighted by Gasteiger charge is 2.60. The van der Waals surface area contributed by atoms with Gasteiger partial charge >= 0.3 is 6.03 Å². The summed E-state index contributed by atoms with van der Waals surface area (Å²) in [6, 6.07) is 2.48. The molecule has 2 aliphatic carbocycles. The number of rotatable bonds is 4. The summed E-state index contributed by atoms with van der Waals surface area (Å²) in [4.78, 5) is 19.4. The number of urea groups is 1. The fourth-order valence-corrected chi connectivity index (χ4v) is 8.05. The Morgan fingerprint density at radius 1 is 0.914 bits per heavy atom. The Kier molecular flexibility index (Phi) is 4.33. The number of nitrogens with zero attached hydrogens (tertiary/aromatic N) is 5. The van der Waals surface area contributed by atoms with Gasteiger partial charge in [0.15, 0.2) is 0 Å². The molecule has 5 fully saturated rings. The van der Waals surface area contributed by atoms with Crippen LogP contribution in [0.15, 0.2) is 23.1 Å². The van der Waals surface area contributed by atoms with Gasteiger partial charge in [0.05, 0.1) is 0 Å². The van der Waals surface area contributed by atoms with Crippen LogP contribution in [-0.2, 0) is 10.0 Å². The summed E-state index contributed by atoms with van der Waals surface area (Å²) in [6.07, 6.45) is 4.43. The molecule has 4 heterocycles. The number of halogens is 2. The third-order valence-electron chi connectivity index (χ3n) is 8.41. The molecule has 1 aromatic heterocycles. The largest absolute Gasteiger partial charge is 0.328 e. The van der Waals surface area contributed by atoms with Crippen molar-refractivity contribution in [2.75, 3.05) is 39.3 Å². The number of H-pyrrole nitrogens is 1. The van der Waals surface area contributed by atoms with E-state index in [0.29, 0.717) is 31.0 Å². The third-order valence-corrected chi connectivity index (χ3v) is 10.2. The van der Waals surface area contributed by atoms with Crippen LogP contribution in [0.1, 0.15) is 49.2 Å². The van der Waals surface area contributed by atoms with E-state index >= 15 is 0 Å². The molecule has 12 heteroatoms. The summed E-state index contributed by atoms with van der Waals surface area (Å²) in [5, 5.41) is 8.61. The molecule has 0 atom stereocenters. The van der Waals surface area contributed by atoms with Crippen LogP contribution in [0.4, 0.5) is 13.6 Å². The molecule has 0 unspecified atom stereocenters. The minimum absolute atomic E-state index is 0.00581. The Labute approximate surface area is 201 Å². The minimum Gasteiger partial charge on any atom is -0.328 e. The summed E-state index contributed by atoms with van der Waals surface area (Å²) in [5.41, 5.74) is -0.0785. The zero-order valence-electron chi connectivity index (χ0n) is 19.1. The van der Waals surface area contributed by atoms with E-state index in [4.69, 9.17) is 0 Å². The number of sulfonamides is 1. The maximum atomic E-state index is 14.0. The monoisotopic (exact) mass is 504 g/mol. The molecule has 3 aliphatic heterocycles. The lowest BCUT2D eigenvalue weighted by atomic mass is 9.57. The predicted octanol–water partition coefficient (Wildman–Crippen LogP) is 2.27. The molecule has 9 nitrogen and oxygen atoms in total. The smallest absolute Gasteiger partial charge is 0.320 e. The number of hydrogen-bond acceptors (Lipinski definition) is 5. The SMILES string of the molecule is O=C(N1CC2(CC(c3nnc(C4CC4)[nH]3)C2)C1)N1CC2(C1)CN(S(=O)(=O)c1ccc(F)cc1F)C2. The van der Waals surface area contributed by atoms with Crippen molar-refractivity contribution in [1.82, 2.24) is 29.3 Å². The van der Waals surface area contributed by atoms with Gasteiger partial charge in [-0.15, -0.1) is 10.2 Å². The quantitative estimate of drug-likeness (QED) is 0.688. The topological polar surface area (TPSA) is 102 Å². The van der Waals surface area contributed by atoms with Crippen LogP contribution in [-0.4, -0.2) is 83.0 Å². The minimum atomic E-state index is -4.02. The second-order valence-corrected chi connectivity index (χ2v) is 13.2. The van der Waals surface area contributed by atoms with Crippen molar-refractivity contribution >= 4 is 16.1 Å². The fraction of sp³-hybridized carbons (Fsp3) is 0.609. The number of likely N-dealkylation sites (tertiary alicyclic amines) is 2. The van der Waals surface area contributed by atoms with Crippen LogP contribution >= 0.6 is 0 Å². The average molecular weight is 505 g/mol. The number of hydrogen-bond donors (Lipinski definition) is 1. The number of amides is 2. The maximum Gasteiger partial charge on any atom is 0.320 e. The number of aromatic nitrogens is 3. The van der Waals surface area contributed by atoms with Gasteiger partial charge in [-0.3, -0.25) is 0 Å². The summed E-state index contributed by atoms with van der Waals surface area (Å²) >= 11 is 0. The Morgan fingerprint density at radius 2 is 1.51 bits per heavy atom. The van der Waals surface area contributed by atoms with Crippen LogP contribution in [0.3, 0.4) is 0 Å². The highest BCUT2D eigenvalue weighted by atomic mass is 32.2. The second kappa shape index (κ2) is 7.00. The molecule has 0 bridgehead atoms. The molecule has 2 aromatic rings. The molecule has 5 aliphatic rings. The van der Waals surface area contributed by atoms with Crippen LogP contribution in [0, 0.1) is 22.5 Å². The molecule has 1 N–H and O–H groups in total. The van der Waals surface area contributed by atoms with E-state index < -0.39 is 26.6 Å². The Bertz CT molecular complexity index is 1310. The van der Waals surface area contributed by atoms with E-state index in [0.717, 1.165) is 49.7 Å². The van der Waals surface area contributed by atoms with Crippen LogP contribution < -0.4 is 0 Å². The molecule has 2 saturated carbocycles. The molecule has 2 spiro atoms. The van der Waals surface area contributed by atoms with Crippen molar-refractivity contribution in [3.8, 4) is 0 Å². The zero-order chi connectivity index (χ0) is 24.2. The first-order valence-corrected chi connectivity index (χ1v) is 13.5. The average Bonchev–Trinajstić information content (AvgIpc) is 3.41. The highest BCUT2D eigenvalue weighted by Crippen LogP contribution is 2.56. The van der Waals surface area contributed by atoms with Gasteiger partial charge in [-0.25, -0.2) is 22.0 Å². The molecular weight excluding hydrogens is 478 g/mol. The van der Waals surface area contributed by atoms with Crippen LogP contribution in [0.5, 0.6) is 0 Å². The lowest BCUT2D eigenvalue weighted by molar-refractivity contribution is -0.0930. The summed E-state index contributed by atoms with van der Waals surface area (Å²) in [5.74, 6) is 1.05. The molecular formula is C23H26F2N6O3S. The first kappa shape index (κ1) is 21.7. The number of nitrogens with one attached hydrogen (secondary N) is 1. The lowest BCUT2D eigenvalue weighted by Gasteiger charge is -2.63. The molecule has 3 saturated heterocycles. The van der Waals surface area contributed by atoms with Gasteiger partial charge in [0.1, 0.15) is 28.2 Å². The van der Waals surface area contributed by atoms with E-state index in [2.05, 4.69) is 15.2 Å². The predicted molar refractivity (Wildman–Crippen MR) is 119 cm³/mol. The van der Waals surface area contributed by atoms with E-state index in [1.807, 2.05) is 4.90 Å². The van der Waals surface area contributed by atoms with E-state index in [1.165, 1.54) is 17.1 Å². The molecule has 35 heavy (non-hydrogen) atoms. The van der Waals surface area contributed by atoms with Gasteiger partial charge in [0, 0.05) is 68.0 Å². The zero-order valence-corrected chi connectivity index (χ0v) is 19.9. The molecule has 7 rings (SSSR count). The van der Waals surface area contributed by atoms with Gasteiger partial charge in [-0.05, 0) is 37.8 Å². The van der Waals surface area contributed by atoms with Crippen LogP contribution in [0.25, 0.3) is 0 Å². The van der Waals surface area contributed by atoms with Gasteiger partial charge in [-0.2, -0.15) is 4.31 Å². The second-order valence-electron chi connectivity index (χ2n) is 11.3. The number of carbonyl (C=O) groups is 1. The standard InChI is InChI=1S/C23H26F2N6O3S/c24-16-3-4-18(17(25)5-16)35(33,34)31-12-23(13-31)10-30(11-23)21(32)29-8-22(9-29)6-15(7-22)20-26-19(27-28-20)14-1-2-14/h3-5,14-15H,1-2,6-13H2,(H,26,27,28). The van der Waals surface area contributed by atoms with Gasteiger partial charge in [0.25, 0.3) is 0 Å². The highest BCUT2D eigenvalue weighted by molar-refractivity contribution is 7.89. The maximum absolute atomic E-state index is 14.0. The first-order chi connectivity index (χ1) is 16.7. The molecule has 186 valence electrons. The first-order valence-electron chi connectivity index (χ1n) is 12.1. The van der Waals surface area contributed by atoms with Crippen molar-refractivity contribution in [3.63, 3.8) is 0 Å². The normalized spacial score (nSPS) is 25.2. The van der Waals surface area contributed by atoms with Crippen molar-refractivity contribution in [3.05, 3.63) is 41.5 Å². The van der Waals surface area contributed by atoms with E-state index in [9.17, 15) is 22.0 Å². The molecule has 1 aromatic carbocycles. The number of carbonyl (C=O) groups excluding carboxylic acids is 1.